The van der Waals surface area contributed by atoms with Gasteiger partial charge < -0.3 is 4.74 Å². The third kappa shape index (κ3) is 2.27. The second kappa shape index (κ2) is 5.21. The van der Waals surface area contributed by atoms with Crippen molar-refractivity contribution in [2.24, 2.45) is 0 Å². The summed E-state index contributed by atoms with van der Waals surface area (Å²) in [5, 5.41) is 5.22. The molecular formula is C15H14N2O3S. The van der Waals surface area contributed by atoms with Crippen LogP contribution in [0.1, 0.15) is 6.92 Å². The Morgan fingerprint density at radius 3 is 2.52 bits per heavy atom. The largest absolute Gasteiger partial charge is 0.493 e. The van der Waals surface area contributed by atoms with Crippen LogP contribution in [-0.2, 0) is 10.0 Å². The molecule has 0 aliphatic rings. The van der Waals surface area contributed by atoms with Crippen LogP contribution in [0.5, 0.6) is 5.75 Å². The van der Waals surface area contributed by atoms with E-state index in [1.165, 1.54) is 12.4 Å². The predicted molar refractivity (Wildman–Crippen MR) is 79.9 cm³/mol. The van der Waals surface area contributed by atoms with E-state index >= 15 is 0 Å². The van der Waals surface area contributed by atoms with Crippen LogP contribution in [0.25, 0.3) is 10.8 Å². The van der Waals surface area contributed by atoms with E-state index < -0.39 is 10.0 Å². The first-order valence-electron chi connectivity index (χ1n) is 6.54. The Kier molecular flexibility index (Phi) is 3.39. The van der Waals surface area contributed by atoms with Crippen LogP contribution in [0.15, 0.2) is 59.8 Å². The SMILES string of the molecule is CCOc1ccc(S(=O)(=O)n2cccn2)c2ccccc12. The van der Waals surface area contributed by atoms with Gasteiger partial charge in [0.1, 0.15) is 5.75 Å². The molecule has 0 bridgehead atoms. The van der Waals surface area contributed by atoms with Gasteiger partial charge in [-0.05, 0) is 25.1 Å². The van der Waals surface area contributed by atoms with E-state index in [2.05, 4.69) is 5.10 Å². The van der Waals surface area contributed by atoms with Gasteiger partial charge in [0.15, 0.2) is 0 Å². The molecule has 0 aliphatic heterocycles. The number of rotatable bonds is 4. The smallest absolute Gasteiger partial charge is 0.283 e. The highest BCUT2D eigenvalue weighted by atomic mass is 32.2. The maximum absolute atomic E-state index is 12.6. The highest BCUT2D eigenvalue weighted by Crippen LogP contribution is 2.31. The third-order valence-corrected chi connectivity index (χ3v) is 4.77. The summed E-state index contributed by atoms with van der Waals surface area (Å²) >= 11 is 0. The van der Waals surface area contributed by atoms with Gasteiger partial charge >= 0.3 is 0 Å². The number of nitrogens with zero attached hydrogens (tertiary/aromatic N) is 2. The molecular weight excluding hydrogens is 288 g/mol. The van der Waals surface area contributed by atoms with Gasteiger partial charge in [0.25, 0.3) is 10.0 Å². The van der Waals surface area contributed by atoms with Crippen LogP contribution in [0.3, 0.4) is 0 Å². The number of fused-ring (bicyclic) bond motifs is 1. The Bertz CT molecular complexity index is 871. The van der Waals surface area contributed by atoms with E-state index in [0.29, 0.717) is 17.7 Å². The number of benzene rings is 2. The van der Waals surface area contributed by atoms with Crippen molar-refractivity contribution < 1.29 is 13.2 Å². The fraction of sp³-hybridized carbons (Fsp3) is 0.133. The molecule has 0 atom stereocenters. The van der Waals surface area contributed by atoms with Crippen molar-refractivity contribution in [3.05, 3.63) is 54.9 Å². The molecule has 108 valence electrons. The normalized spacial score (nSPS) is 11.7. The molecule has 0 radical (unpaired) electrons. The highest BCUT2D eigenvalue weighted by molar-refractivity contribution is 7.90. The van der Waals surface area contributed by atoms with Gasteiger partial charge in [0, 0.05) is 17.0 Å². The molecule has 0 N–H and O–H groups in total. The molecule has 1 aromatic heterocycles. The first-order chi connectivity index (χ1) is 10.1. The van der Waals surface area contributed by atoms with Crippen LogP contribution in [0.4, 0.5) is 0 Å². The molecule has 0 aliphatic carbocycles. The molecule has 0 amide bonds. The Hall–Kier alpha value is -2.34. The summed E-state index contributed by atoms with van der Waals surface area (Å²) in [6, 6.07) is 12.1. The second-order valence-electron chi connectivity index (χ2n) is 4.42. The molecule has 6 heteroatoms. The molecule has 21 heavy (non-hydrogen) atoms. The lowest BCUT2D eigenvalue weighted by Gasteiger charge is -2.12. The molecule has 2 aromatic carbocycles. The average Bonchev–Trinajstić information content (AvgIpc) is 3.02. The maximum Gasteiger partial charge on any atom is 0.283 e. The predicted octanol–water partition coefficient (Wildman–Crippen LogP) is 2.67. The van der Waals surface area contributed by atoms with Crippen LogP contribution >= 0.6 is 0 Å². The van der Waals surface area contributed by atoms with Crippen molar-refractivity contribution in [1.82, 2.24) is 9.19 Å². The van der Waals surface area contributed by atoms with Gasteiger partial charge in [-0.1, -0.05) is 24.3 Å². The zero-order valence-electron chi connectivity index (χ0n) is 11.4. The zero-order valence-corrected chi connectivity index (χ0v) is 12.2. The minimum atomic E-state index is -3.70. The number of hydrogen-bond acceptors (Lipinski definition) is 4. The Balaban J connectivity index is 2.28. The molecule has 3 rings (SSSR count). The zero-order chi connectivity index (χ0) is 14.9. The number of aromatic nitrogens is 2. The summed E-state index contributed by atoms with van der Waals surface area (Å²) in [5.74, 6) is 0.674. The topological polar surface area (TPSA) is 61.2 Å². The van der Waals surface area contributed by atoms with Crippen molar-refractivity contribution in [2.45, 2.75) is 11.8 Å². The molecule has 0 fully saturated rings. The van der Waals surface area contributed by atoms with Gasteiger partial charge in [0.05, 0.1) is 17.7 Å². The van der Waals surface area contributed by atoms with Crippen molar-refractivity contribution in [1.29, 1.82) is 0 Å². The van der Waals surface area contributed by atoms with Crippen molar-refractivity contribution in [3.8, 4) is 5.75 Å². The van der Waals surface area contributed by atoms with Gasteiger partial charge in [-0.3, -0.25) is 0 Å². The van der Waals surface area contributed by atoms with Gasteiger partial charge in [-0.2, -0.15) is 17.6 Å². The summed E-state index contributed by atoms with van der Waals surface area (Å²) in [5.41, 5.74) is 0. The summed E-state index contributed by atoms with van der Waals surface area (Å²) in [7, 11) is -3.70. The molecule has 0 spiro atoms. The van der Waals surface area contributed by atoms with Crippen LogP contribution < -0.4 is 4.74 Å². The summed E-state index contributed by atoms with van der Waals surface area (Å²) in [6.07, 6.45) is 2.86. The maximum atomic E-state index is 12.6. The van der Waals surface area contributed by atoms with Gasteiger partial charge in [-0.15, -0.1) is 0 Å². The lowest BCUT2D eigenvalue weighted by Crippen LogP contribution is -2.14. The number of hydrogen-bond donors (Lipinski definition) is 0. The van der Waals surface area contributed by atoms with Gasteiger partial charge in [-0.25, -0.2) is 0 Å². The minimum Gasteiger partial charge on any atom is -0.493 e. The summed E-state index contributed by atoms with van der Waals surface area (Å²) in [4.78, 5) is 0.213. The van der Waals surface area contributed by atoms with Crippen molar-refractivity contribution >= 4 is 20.8 Å². The van der Waals surface area contributed by atoms with E-state index in [1.54, 1.807) is 30.3 Å². The monoisotopic (exact) mass is 302 g/mol. The molecule has 1 heterocycles. The van der Waals surface area contributed by atoms with Crippen LogP contribution in [0, 0.1) is 0 Å². The fourth-order valence-corrected chi connectivity index (χ4v) is 3.55. The Morgan fingerprint density at radius 2 is 1.86 bits per heavy atom. The lowest BCUT2D eigenvalue weighted by atomic mass is 10.1. The highest BCUT2D eigenvalue weighted by Gasteiger charge is 2.21. The second-order valence-corrected chi connectivity index (χ2v) is 6.19. The van der Waals surface area contributed by atoms with Crippen LogP contribution in [0.2, 0.25) is 0 Å². The fourth-order valence-electron chi connectivity index (χ4n) is 2.25. The quantitative estimate of drug-likeness (QED) is 0.743. The third-order valence-electron chi connectivity index (χ3n) is 3.15. The first kappa shape index (κ1) is 13.6. The van der Waals surface area contributed by atoms with E-state index in [4.69, 9.17) is 4.74 Å². The van der Waals surface area contributed by atoms with E-state index in [-0.39, 0.29) is 4.90 Å². The lowest BCUT2D eigenvalue weighted by molar-refractivity contribution is 0.344. The van der Waals surface area contributed by atoms with Crippen LogP contribution in [-0.4, -0.2) is 24.2 Å². The average molecular weight is 302 g/mol. The van der Waals surface area contributed by atoms with Crippen molar-refractivity contribution in [3.63, 3.8) is 0 Å². The Morgan fingerprint density at radius 1 is 1.10 bits per heavy atom. The summed E-state index contributed by atoms with van der Waals surface area (Å²) < 4.78 is 31.8. The van der Waals surface area contributed by atoms with E-state index in [1.807, 2.05) is 19.1 Å². The van der Waals surface area contributed by atoms with Gasteiger partial charge in [0.2, 0.25) is 0 Å². The number of ether oxygens (including phenoxy) is 1. The van der Waals surface area contributed by atoms with E-state index in [9.17, 15) is 8.42 Å². The molecule has 0 saturated carbocycles. The first-order valence-corrected chi connectivity index (χ1v) is 7.98. The van der Waals surface area contributed by atoms with E-state index in [0.717, 1.165) is 9.47 Å². The molecule has 3 aromatic rings. The summed E-state index contributed by atoms with van der Waals surface area (Å²) in [6.45, 7) is 2.42. The minimum absolute atomic E-state index is 0.213. The molecule has 0 unspecified atom stereocenters. The standard InChI is InChI=1S/C15H14N2O3S/c1-2-20-14-8-9-15(13-7-4-3-6-12(13)14)21(18,19)17-11-5-10-16-17/h3-11H,2H2,1H3. The Labute approximate surface area is 122 Å². The molecule has 5 nitrogen and oxygen atoms in total. The molecule has 0 saturated heterocycles. The van der Waals surface area contributed by atoms with Crippen molar-refractivity contribution in [2.75, 3.05) is 6.61 Å².